The minimum atomic E-state index is -0.0134. The van der Waals surface area contributed by atoms with Gasteiger partial charge < -0.3 is 9.84 Å². The summed E-state index contributed by atoms with van der Waals surface area (Å²) >= 11 is 3.37. The van der Waals surface area contributed by atoms with Crippen LogP contribution in [0.5, 0.6) is 5.75 Å². The molecule has 1 N–H and O–H groups in total. The van der Waals surface area contributed by atoms with Gasteiger partial charge in [0.05, 0.1) is 12.3 Å². The number of aliphatic hydroxyl groups excluding tert-OH is 1. The van der Waals surface area contributed by atoms with Gasteiger partial charge in [-0.25, -0.2) is 0 Å². The van der Waals surface area contributed by atoms with Crippen LogP contribution in [0.4, 0.5) is 0 Å². The van der Waals surface area contributed by atoms with Gasteiger partial charge in [-0.1, -0.05) is 22.0 Å². The number of hydrogen-bond acceptors (Lipinski definition) is 3. The molecule has 0 aliphatic rings. The first-order valence-corrected chi connectivity index (χ1v) is 6.43. The van der Waals surface area contributed by atoms with E-state index in [1.165, 1.54) is 0 Å². The zero-order chi connectivity index (χ0) is 13.0. The molecule has 0 aliphatic carbocycles. The van der Waals surface area contributed by atoms with Crippen LogP contribution in [-0.4, -0.2) is 10.1 Å². The van der Waals surface area contributed by atoms with Gasteiger partial charge >= 0.3 is 0 Å². The number of ether oxygens (including phenoxy) is 1. The zero-order valence-electron chi connectivity index (χ0n) is 10.1. The number of hydrogen-bond donors (Lipinski definition) is 1. The maximum atomic E-state index is 9.17. The maximum Gasteiger partial charge on any atom is 0.130 e. The number of pyridine rings is 1. The quantitative estimate of drug-likeness (QED) is 0.943. The highest BCUT2D eigenvalue weighted by molar-refractivity contribution is 9.10. The molecule has 1 aromatic carbocycles. The normalized spacial score (nSPS) is 10.4. The van der Waals surface area contributed by atoms with E-state index in [4.69, 9.17) is 9.84 Å². The van der Waals surface area contributed by atoms with Crippen LogP contribution in [0.3, 0.4) is 0 Å². The monoisotopic (exact) mass is 307 g/mol. The van der Waals surface area contributed by atoms with Gasteiger partial charge in [0.25, 0.3) is 0 Å². The number of nitrogens with zero attached hydrogens (tertiary/aromatic N) is 1. The van der Waals surface area contributed by atoms with Crippen LogP contribution in [0.2, 0.25) is 0 Å². The summed E-state index contributed by atoms with van der Waals surface area (Å²) in [4.78, 5) is 4.36. The lowest BCUT2D eigenvalue weighted by Crippen LogP contribution is -1.99. The molecule has 2 aromatic rings. The standard InChI is InChI=1S/C14H14BrNO2/c1-10-3-2-4-12(16-10)9-18-13-5-6-14(15)11(7-13)8-17/h2-7,17H,8-9H2,1H3. The predicted molar refractivity (Wildman–Crippen MR) is 73.4 cm³/mol. The fourth-order valence-corrected chi connectivity index (χ4v) is 1.97. The molecule has 0 saturated carbocycles. The Kier molecular flexibility index (Phi) is 4.33. The molecule has 0 amide bonds. The van der Waals surface area contributed by atoms with Crippen LogP contribution in [0.15, 0.2) is 40.9 Å². The first-order valence-electron chi connectivity index (χ1n) is 5.63. The van der Waals surface area contributed by atoms with Crippen molar-refractivity contribution in [3.8, 4) is 5.75 Å². The van der Waals surface area contributed by atoms with Crippen molar-refractivity contribution in [3.63, 3.8) is 0 Å². The van der Waals surface area contributed by atoms with Crippen LogP contribution in [-0.2, 0) is 13.2 Å². The molecule has 0 fully saturated rings. The number of aryl methyl sites for hydroxylation is 1. The summed E-state index contributed by atoms with van der Waals surface area (Å²) in [5, 5.41) is 9.17. The molecule has 0 radical (unpaired) electrons. The summed E-state index contributed by atoms with van der Waals surface area (Å²) in [6, 6.07) is 11.4. The van der Waals surface area contributed by atoms with Gasteiger partial charge in [-0.3, -0.25) is 4.98 Å². The molecule has 0 atom stereocenters. The van der Waals surface area contributed by atoms with Crippen molar-refractivity contribution in [1.29, 1.82) is 0 Å². The highest BCUT2D eigenvalue weighted by atomic mass is 79.9. The van der Waals surface area contributed by atoms with Crippen LogP contribution in [0.1, 0.15) is 17.0 Å². The Labute approximate surface area is 115 Å². The van der Waals surface area contributed by atoms with Gasteiger partial charge in [0.2, 0.25) is 0 Å². The summed E-state index contributed by atoms with van der Waals surface area (Å²) in [6.45, 7) is 2.36. The third kappa shape index (κ3) is 3.31. The van der Waals surface area contributed by atoms with Gasteiger partial charge in [0.1, 0.15) is 12.4 Å². The second-order valence-electron chi connectivity index (χ2n) is 3.97. The smallest absolute Gasteiger partial charge is 0.130 e. The molecular weight excluding hydrogens is 294 g/mol. The Balaban J connectivity index is 2.06. The molecule has 1 aromatic heterocycles. The Morgan fingerprint density at radius 2 is 2.11 bits per heavy atom. The van der Waals surface area contributed by atoms with E-state index in [1.54, 1.807) is 0 Å². The molecule has 0 spiro atoms. The molecule has 2 rings (SSSR count). The van der Waals surface area contributed by atoms with Crippen molar-refractivity contribution in [2.45, 2.75) is 20.1 Å². The third-order valence-electron chi connectivity index (χ3n) is 2.52. The first kappa shape index (κ1) is 13.1. The van der Waals surface area contributed by atoms with E-state index < -0.39 is 0 Å². The van der Waals surface area contributed by atoms with Crippen molar-refractivity contribution in [3.05, 3.63) is 57.8 Å². The van der Waals surface area contributed by atoms with E-state index in [9.17, 15) is 0 Å². The average molecular weight is 308 g/mol. The number of halogens is 1. The topological polar surface area (TPSA) is 42.4 Å². The van der Waals surface area contributed by atoms with Crippen LogP contribution in [0, 0.1) is 6.92 Å². The van der Waals surface area contributed by atoms with Gasteiger partial charge in [-0.05, 0) is 42.8 Å². The molecule has 18 heavy (non-hydrogen) atoms. The Hall–Kier alpha value is -1.39. The number of aliphatic hydroxyl groups is 1. The fourth-order valence-electron chi connectivity index (χ4n) is 1.60. The van der Waals surface area contributed by atoms with E-state index in [0.29, 0.717) is 6.61 Å². The van der Waals surface area contributed by atoms with E-state index >= 15 is 0 Å². The van der Waals surface area contributed by atoms with Gasteiger partial charge in [-0.15, -0.1) is 0 Å². The molecule has 0 aliphatic heterocycles. The Morgan fingerprint density at radius 3 is 2.83 bits per heavy atom. The first-order chi connectivity index (χ1) is 8.69. The van der Waals surface area contributed by atoms with Gasteiger partial charge in [-0.2, -0.15) is 0 Å². The molecule has 1 heterocycles. The van der Waals surface area contributed by atoms with Crippen molar-refractivity contribution in [1.82, 2.24) is 4.98 Å². The van der Waals surface area contributed by atoms with Crippen LogP contribution >= 0.6 is 15.9 Å². The molecule has 94 valence electrons. The zero-order valence-corrected chi connectivity index (χ0v) is 11.6. The lowest BCUT2D eigenvalue weighted by Gasteiger charge is -2.08. The molecule has 0 bridgehead atoms. The van der Waals surface area contributed by atoms with Crippen molar-refractivity contribution in [2.75, 3.05) is 0 Å². The van der Waals surface area contributed by atoms with Crippen LogP contribution in [0.25, 0.3) is 0 Å². The Morgan fingerprint density at radius 1 is 1.28 bits per heavy atom. The minimum Gasteiger partial charge on any atom is -0.487 e. The second kappa shape index (κ2) is 5.98. The lowest BCUT2D eigenvalue weighted by atomic mass is 10.2. The second-order valence-corrected chi connectivity index (χ2v) is 4.82. The van der Waals surface area contributed by atoms with Crippen molar-refractivity contribution >= 4 is 15.9 Å². The highest BCUT2D eigenvalue weighted by Crippen LogP contribution is 2.23. The minimum absolute atomic E-state index is 0.0134. The van der Waals surface area contributed by atoms with Crippen molar-refractivity contribution < 1.29 is 9.84 Å². The lowest BCUT2D eigenvalue weighted by molar-refractivity contribution is 0.276. The largest absolute Gasteiger partial charge is 0.487 e. The van der Waals surface area contributed by atoms with E-state index in [1.807, 2.05) is 43.3 Å². The summed E-state index contributed by atoms with van der Waals surface area (Å²) in [6.07, 6.45) is 0. The van der Waals surface area contributed by atoms with Crippen molar-refractivity contribution in [2.24, 2.45) is 0 Å². The molecule has 4 heteroatoms. The summed E-state index contributed by atoms with van der Waals surface area (Å²) in [7, 11) is 0. The molecular formula is C14H14BrNO2. The van der Waals surface area contributed by atoms with Crippen LogP contribution < -0.4 is 4.74 Å². The van der Waals surface area contributed by atoms with Gasteiger partial charge in [0.15, 0.2) is 0 Å². The SMILES string of the molecule is Cc1cccc(COc2ccc(Br)c(CO)c2)n1. The number of rotatable bonds is 4. The summed E-state index contributed by atoms with van der Waals surface area (Å²) < 4.78 is 6.53. The average Bonchev–Trinajstić information content (AvgIpc) is 2.38. The van der Waals surface area contributed by atoms with E-state index in [2.05, 4.69) is 20.9 Å². The maximum absolute atomic E-state index is 9.17. The van der Waals surface area contributed by atoms with Gasteiger partial charge in [0, 0.05) is 10.2 Å². The summed E-state index contributed by atoms with van der Waals surface area (Å²) in [5.74, 6) is 0.727. The predicted octanol–water partition coefficient (Wildman–Crippen LogP) is 3.22. The molecule has 0 unspecified atom stereocenters. The van der Waals surface area contributed by atoms with E-state index in [-0.39, 0.29) is 6.61 Å². The third-order valence-corrected chi connectivity index (χ3v) is 3.29. The highest BCUT2D eigenvalue weighted by Gasteiger charge is 2.02. The molecule has 3 nitrogen and oxygen atoms in total. The Bertz CT molecular complexity index is 543. The van der Waals surface area contributed by atoms with E-state index in [0.717, 1.165) is 27.2 Å². The number of aromatic nitrogens is 1. The summed E-state index contributed by atoms with van der Waals surface area (Å²) in [5.41, 5.74) is 2.68. The molecule has 0 saturated heterocycles. The number of benzene rings is 1. The fraction of sp³-hybridized carbons (Fsp3) is 0.214.